The minimum Gasteiger partial charge on any atom is -0.515 e. The van der Waals surface area contributed by atoms with E-state index in [4.69, 9.17) is 9.84 Å². The summed E-state index contributed by atoms with van der Waals surface area (Å²) in [6.07, 6.45) is 1.70. The molecule has 5 unspecified atom stereocenters. The van der Waals surface area contributed by atoms with Gasteiger partial charge in [0, 0.05) is 29.4 Å². The Morgan fingerprint density at radius 1 is 1.14 bits per heavy atom. The van der Waals surface area contributed by atoms with Crippen LogP contribution in [0.4, 0.5) is 0 Å². The van der Waals surface area contributed by atoms with Crippen LogP contribution in [-0.2, 0) is 23.9 Å². The Bertz CT molecular complexity index is 816. The zero-order valence-corrected chi connectivity index (χ0v) is 22.6. The number of ether oxygens (including phenoxy) is 1. The van der Waals surface area contributed by atoms with Gasteiger partial charge in [-0.05, 0) is 31.1 Å². The molecule has 9 heteroatoms. The molecule has 0 heterocycles. The van der Waals surface area contributed by atoms with Crippen molar-refractivity contribution in [2.45, 2.75) is 73.8 Å². The summed E-state index contributed by atoms with van der Waals surface area (Å²) >= 11 is 0. The smallest absolute Gasteiger partial charge is 0.328 e. The molecule has 4 N–H and O–H groups in total. The van der Waals surface area contributed by atoms with E-state index < -0.39 is 65.3 Å². The lowest BCUT2D eigenvalue weighted by Crippen LogP contribution is -2.63. The van der Waals surface area contributed by atoms with Gasteiger partial charge in [0.05, 0.1) is 25.9 Å². The highest BCUT2D eigenvalue weighted by Gasteiger charge is 2.61. The molecule has 0 aromatic rings. The van der Waals surface area contributed by atoms with Crippen molar-refractivity contribution in [3.63, 3.8) is 0 Å². The van der Waals surface area contributed by atoms with Gasteiger partial charge in [-0.3, -0.25) is 14.4 Å². The SMILES string of the molecule is CC.CC[C@@H](COC(=O)C/C(C)=C/C(=O)O)C1C(O)C(=O)C(CO)C([C@H](C)CC)C1(C)C(=O)/C=C\O. The number of esters is 1. The second-order valence-corrected chi connectivity index (χ2v) is 9.39. The summed E-state index contributed by atoms with van der Waals surface area (Å²) in [5.74, 6) is -6.13. The summed E-state index contributed by atoms with van der Waals surface area (Å²) in [4.78, 5) is 49.5. The number of aliphatic hydroxyl groups is 3. The van der Waals surface area contributed by atoms with Crippen molar-refractivity contribution in [2.24, 2.45) is 35.0 Å². The minimum absolute atomic E-state index is 0.166. The Hall–Kier alpha value is -2.52. The van der Waals surface area contributed by atoms with Crippen molar-refractivity contribution >= 4 is 23.5 Å². The molecule has 1 aliphatic rings. The van der Waals surface area contributed by atoms with Gasteiger partial charge in [-0.1, -0.05) is 53.5 Å². The molecule has 1 saturated carbocycles. The predicted octanol–water partition coefficient (Wildman–Crippen LogP) is 3.48. The van der Waals surface area contributed by atoms with Gasteiger partial charge < -0.3 is 25.2 Å². The number of carboxylic acids is 1. The van der Waals surface area contributed by atoms with Gasteiger partial charge in [-0.2, -0.15) is 0 Å². The van der Waals surface area contributed by atoms with Crippen molar-refractivity contribution < 1.29 is 44.3 Å². The number of carbonyl (C=O) groups is 4. The summed E-state index contributed by atoms with van der Waals surface area (Å²) in [5.41, 5.74) is -1.03. The maximum atomic E-state index is 13.4. The van der Waals surface area contributed by atoms with Gasteiger partial charge >= 0.3 is 11.9 Å². The number of hydrogen-bond acceptors (Lipinski definition) is 8. The fourth-order valence-corrected chi connectivity index (χ4v) is 5.53. The standard InChI is InChI=1S/C25H38O9.C2H6/c1-6-15(4)21-17(12-27)23(32)24(33)22(25(21,5)18(28)8-9-26)16(7-2)13-34-20(31)11-14(3)10-19(29)30;1-2/h8-10,15-17,21-22,24,26-27,33H,6-7,11-13H2,1-5H3,(H,29,30);1-2H3/b9-8-,14-10+;/t15-,16+,17?,21?,22?,24?,25?;/m1./s1. The largest absolute Gasteiger partial charge is 0.515 e. The highest BCUT2D eigenvalue weighted by Crippen LogP contribution is 2.54. The van der Waals surface area contributed by atoms with Crippen LogP contribution >= 0.6 is 0 Å². The highest BCUT2D eigenvalue weighted by atomic mass is 16.5. The van der Waals surface area contributed by atoms with Crippen molar-refractivity contribution in [1.29, 1.82) is 0 Å². The predicted molar refractivity (Wildman–Crippen MR) is 135 cm³/mol. The van der Waals surface area contributed by atoms with Crippen LogP contribution in [-0.4, -0.2) is 63.2 Å². The summed E-state index contributed by atoms with van der Waals surface area (Å²) in [7, 11) is 0. The van der Waals surface area contributed by atoms with Gasteiger partial charge in [-0.25, -0.2) is 4.79 Å². The topological polar surface area (TPSA) is 158 Å². The van der Waals surface area contributed by atoms with E-state index >= 15 is 0 Å². The van der Waals surface area contributed by atoms with E-state index in [2.05, 4.69) is 0 Å². The highest BCUT2D eigenvalue weighted by molar-refractivity contribution is 5.98. The molecule has 1 aliphatic carbocycles. The Labute approximate surface area is 214 Å². The lowest BCUT2D eigenvalue weighted by molar-refractivity contribution is -0.176. The van der Waals surface area contributed by atoms with Crippen molar-refractivity contribution in [1.82, 2.24) is 0 Å². The van der Waals surface area contributed by atoms with E-state index in [0.29, 0.717) is 24.7 Å². The molecule has 0 radical (unpaired) electrons. The molecule has 1 fully saturated rings. The van der Waals surface area contributed by atoms with Crippen LogP contribution in [0.25, 0.3) is 0 Å². The minimum atomic E-state index is -1.57. The van der Waals surface area contributed by atoms with E-state index in [1.54, 1.807) is 13.8 Å². The Morgan fingerprint density at radius 3 is 2.17 bits per heavy atom. The number of carbonyl (C=O) groups excluding carboxylic acids is 3. The van der Waals surface area contributed by atoms with E-state index in [0.717, 1.165) is 12.2 Å². The van der Waals surface area contributed by atoms with Gasteiger partial charge in [0.2, 0.25) is 0 Å². The van der Waals surface area contributed by atoms with E-state index in [-0.39, 0.29) is 18.9 Å². The molecule has 0 aromatic carbocycles. The van der Waals surface area contributed by atoms with Crippen LogP contribution in [0.1, 0.15) is 67.7 Å². The molecule has 0 bridgehead atoms. The second-order valence-electron chi connectivity index (χ2n) is 9.39. The number of allylic oxidation sites excluding steroid dienone is 1. The Kier molecular flexibility index (Phi) is 14.5. The maximum Gasteiger partial charge on any atom is 0.328 e. The van der Waals surface area contributed by atoms with Gasteiger partial charge in [0.15, 0.2) is 11.6 Å². The molecule has 7 atom stereocenters. The van der Waals surface area contributed by atoms with Crippen molar-refractivity contribution in [2.75, 3.05) is 13.2 Å². The first kappa shape index (κ1) is 33.5. The summed E-state index contributed by atoms with van der Waals surface area (Å²) in [6.45, 7) is 12.0. The molecular formula is C27H44O9. The molecular weight excluding hydrogens is 468 g/mol. The fraction of sp³-hybridized carbons (Fsp3) is 0.704. The van der Waals surface area contributed by atoms with Crippen LogP contribution in [0.5, 0.6) is 0 Å². The monoisotopic (exact) mass is 512 g/mol. The summed E-state index contributed by atoms with van der Waals surface area (Å²) < 4.78 is 5.37. The molecule has 0 spiro atoms. The van der Waals surface area contributed by atoms with Gasteiger partial charge in [-0.15, -0.1) is 0 Å². The lowest BCUT2D eigenvalue weighted by Gasteiger charge is -2.54. The van der Waals surface area contributed by atoms with E-state index in [1.165, 1.54) is 6.92 Å². The summed E-state index contributed by atoms with van der Waals surface area (Å²) in [5, 5.41) is 39.2. The van der Waals surface area contributed by atoms with Crippen LogP contribution in [0.3, 0.4) is 0 Å². The number of Topliss-reactive ketones (excluding diaryl/α,β-unsaturated/α-hetero) is 1. The number of ketones is 2. The van der Waals surface area contributed by atoms with E-state index in [9.17, 15) is 34.5 Å². The first-order valence-corrected chi connectivity index (χ1v) is 12.6. The molecule has 1 rings (SSSR count). The zero-order chi connectivity index (χ0) is 28.2. The lowest BCUT2D eigenvalue weighted by atomic mass is 9.48. The summed E-state index contributed by atoms with van der Waals surface area (Å²) in [6, 6.07) is 0. The third-order valence-corrected chi connectivity index (χ3v) is 7.31. The average Bonchev–Trinajstić information content (AvgIpc) is 2.83. The second kappa shape index (κ2) is 15.6. The molecule has 0 aliphatic heterocycles. The quantitative estimate of drug-likeness (QED) is 0.174. The first-order valence-electron chi connectivity index (χ1n) is 12.6. The third kappa shape index (κ3) is 7.74. The number of rotatable bonds is 12. The normalized spacial score (nSPS) is 28.1. The Morgan fingerprint density at radius 2 is 1.72 bits per heavy atom. The average molecular weight is 513 g/mol. The van der Waals surface area contributed by atoms with E-state index in [1.807, 2.05) is 27.7 Å². The zero-order valence-electron chi connectivity index (χ0n) is 22.6. The number of hydrogen-bond donors (Lipinski definition) is 4. The molecule has 206 valence electrons. The molecule has 0 amide bonds. The molecule has 0 saturated heterocycles. The van der Waals surface area contributed by atoms with Crippen LogP contribution < -0.4 is 0 Å². The maximum absolute atomic E-state index is 13.4. The molecule has 36 heavy (non-hydrogen) atoms. The first-order chi connectivity index (χ1) is 16.9. The van der Waals surface area contributed by atoms with Gasteiger partial charge in [0.1, 0.15) is 6.10 Å². The molecule has 0 aromatic heterocycles. The van der Waals surface area contributed by atoms with Crippen molar-refractivity contribution in [3.8, 4) is 0 Å². The fourth-order valence-electron chi connectivity index (χ4n) is 5.53. The number of aliphatic carboxylic acids is 1. The van der Waals surface area contributed by atoms with Gasteiger partial charge in [0.25, 0.3) is 0 Å². The van der Waals surface area contributed by atoms with Crippen LogP contribution in [0.2, 0.25) is 0 Å². The molecule has 9 nitrogen and oxygen atoms in total. The van der Waals surface area contributed by atoms with Crippen LogP contribution in [0.15, 0.2) is 24.0 Å². The van der Waals surface area contributed by atoms with Crippen molar-refractivity contribution in [3.05, 3.63) is 24.0 Å². The third-order valence-electron chi connectivity index (χ3n) is 7.31. The number of aliphatic hydroxyl groups excluding tert-OH is 3. The number of carboxylic acid groups (broad SMARTS) is 1. The Balaban J connectivity index is 0.00000596. The van der Waals surface area contributed by atoms with Crippen LogP contribution in [0, 0.1) is 35.0 Å².